The number of nitrogens with one attached hydrogen (secondary N) is 1. The summed E-state index contributed by atoms with van der Waals surface area (Å²) in [6, 6.07) is 27.3. The Morgan fingerprint density at radius 3 is 2.46 bits per heavy atom. The van der Waals surface area contributed by atoms with Crippen LogP contribution in [0.2, 0.25) is 5.02 Å². The van der Waals surface area contributed by atoms with Crippen LogP contribution >= 0.6 is 11.6 Å². The largest absolute Gasteiger partial charge is 0.351 e. The molecule has 3 aromatic carbocycles. The SMILES string of the molecule is O=C1c2cc3ccccc3n2C[C@](C(=O)NC2CCCCC2)(c2ccccc2)N1Cc1cccc(Cl)c1. The molecule has 0 bridgehead atoms. The number of benzene rings is 3. The van der Waals surface area contributed by atoms with Gasteiger partial charge in [0.05, 0.1) is 6.54 Å². The smallest absolute Gasteiger partial charge is 0.272 e. The molecular weight excluding hydrogens is 482 g/mol. The maximum absolute atomic E-state index is 14.5. The van der Waals surface area contributed by atoms with Crippen LogP contribution in [0.4, 0.5) is 0 Å². The van der Waals surface area contributed by atoms with Crippen LogP contribution in [0.5, 0.6) is 0 Å². The zero-order valence-corrected chi connectivity index (χ0v) is 21.5. The van der Waals surface area contributed by atoms with E-state index in [0.717, 1.165) is 47.7 Å². The average molecular weight is 512 g/mol. The molecule has 4 aromatic rings. The van der Waals surface area contributed by atoms with Crippen molar-refractivity contribution in [3.63, 3.8) is 0 Å². The standard InChI is InChI=1S/C31H30ClN3O2/c32-25-14-9-10-22(18-25)20-35-29(36)28-19-23-11-7-8-17-27(23)34(28)21-31(35,24-12-3-1-4-13-24)30(37)33-26-15-5-2-6-16-26/h1,3-4,7-14,17-19,26H,2,5-6,15-16,20-21H2,(H,33,37)/t31-/m1/s1. The van der Waals surface area contributed by atoms with Gasteiger partial charge in [0.2, 0.25) is 0 Å². The summed E-state index contributed by atoms with van der Waals surface area (Å²) in [6.45, 7) is 0.610. The highest BCUT2D eigenvalue weighted by Crippen LogP contribution is 2.40. The molecule has 1 aliphatic heterocycles. The quantitative estimate of drug-likeness (QED) is 0.342. The molecule has 1 fully saturated rings. The maximum atomic E-state index is 14.5. The van der Waals surface area contributed by atoms with Gasteiger partial charge in [-0.3, -0.25) is 9.59 Å². The average Bonchev–Trinajstić information content (AvgIpc) is 3.30. The molecule has 2 aliphatic rings. The fourth-order valence-electron chi connectivity index (χ4n) is 6.05. The first-order chi connectivity index (χ1) is 18.1. The second-order valence-corrected chi connectivity index (χ2v) is 10.7. The molecule has 1 atom stereocenters. The summed E-state index contributed by atoms with van der Waals surface area (Å²) in [5.74, 6) is -0.283. The lowest BCUT2D eigenvalue weighted by molar-refractivity contribution is -0.136. The van der Waals surface area contributed by atoms with E-state index in [1.807, 2.05) is 89.5 Å². The molecule has 2 amide bonds. The van der Waals surface area contributed by atoms with E-state index in [-0.39, 0.29) is 24.4 Å². The van der Waals surface area contributed by atoms with Crippen molar-refractivity contribution in [1.29, 1.82) is 0 Å². The van der Waals surface area contributed by atoms with E-state index in [9.17, 15) is 9.59 Å². The fourth-order valence-corrected chi connectivity index (χ4v) is 6.26. The van der Waals surface area contributed by atoms with E-state index >= 15 is 0 Å². The normalized spacial score (nSPS) is 20.1. The number of halogens is 1. The van der Waals surface area contributed by atoms with Gasteiger partial charge in [-0.15, -0.1) is 0 Å². The van der Waals surface area contributed by atoms with Crippen LogP contribution in [-0.2, 0) is 23.4 Å². The van der Waals surface area contributed by atoms with Crippen LogP contribution in [0, 0.1) is 0 Å². The Labute approximate surface area is 222 Å². The van der Waals surface area contributed by atoms with Gasteiger partial charge in [0.1, 0.15) is 5.69 Å². The zero-order chi connectivity index (χ0) is 25.4. The Balaban J connectivity index is 1.54. The number of nitrogens with zero attached hydrogens (tertiary/aromatic N) is 2. The van der Waals surface area contributed by atoms with Gasteiger partial charge in [0.25, 0.3) is 11.8 Å². The molecule has 6 heteroatoms. The van der Waals surface area contributed by atoms with E-state index in [1.165, 1.54) is 6.42 Å². The van der Waals surface area contributed by atoms with Crippen LogP contribution in [0.1, 0.15) is 53.7 Å². The number of carbonyl (C=O) groups is 2. The molecule has 1 N–H and O–H groups in total. The molecule has 5 nitrogen and oxygen atoms in total. The molecule has 1 saturated carbocycles. The summed E-state index contributed by atoms with van der Waals surface area (Å²) in [5, 5.41) is 4.97. The number of rotatable bonds is 5. The van der Waals surface area contributed by atoms with E-state index in [4.69, 9.17) is 11.6 Å². The third kappa shape index (κ3) is 4.21. The Morgan fingerprint density at radius 2 is 1.68 bits per heavy atom. The second kappa shape index (κ2) is 9.71. The van der Waals surface area contributed by atoms with E-state index in [0.29, 0.717) is 17.3 Å². The Hall–Kier alpha value is -3.57. The summed E-state index contributed by atoms with van der Waals surface area (Å²) in [7, 11) is 0. The van der Waals surface area contributed by atoms with Crippen molar-refractivity contribution < 1.29 is 9.59 Å². The molecule has 2 heterocycles. The predicted molar refractivity (Wildman–Crippen MR) is 146 cm³/mol. The molecule has 37 heavy (non-hydrogen) atoms. The summed E-state index contributed by atoms with van der Waals surface area (Å²) < 4.78 is 2.03. The Morgan fingerprint density at radius 1 is 0.919 bits per heavy atom. The highest BCUT2D eigenvalue weighted by Gasteiger charge is 2.52. The number of hydrogen-bond donors (Lipinski definition) is 1. The predicted octanol–water partition coefficient (Wildman–Crippen LogP) is 6.30. The van der Waals surface area contributed by atoms with Gasteiger partial charge >= 0.3 is 0 Å². The number of fused-ring (bicyclic) bond motifs is 3. The zero-order valence-electron chi connectivity index (χ0n) is 20.7. The first-order valence-corrected chi connectivity index (χ1v) is 13.5. The first kappa shape index (κ1) is 23.8. The van der Waals surface area contributed by atoms with E-state index in [2.05, 4.69) is 5.32 Å². The molecule has 0 spiro atoms. The number of para-hydroxylation sites is 1. The number of carbonyl (C=O) groups excluding carboxylic acids is 2. The molecule has 1 aliphatic carbocycles. The molecule has 0 radical (unpaired) electrons. The van der Waals surface area contributed by atoms with Gasteiger partial charge in [-0.1, -0.05) is 91.5 Å². The van der Waals surface area contributed by atoms with Crippen LogP contribution in [0.25, 0.3) is 10.9 Å². The molecule has 0 unspecified atom stereocenters. The van der Waals surface area contributed by atoms with E-state index in [1.54, 1.807) is 4.90 Å². The fraction of sp³-hybridized carbons (Fsp3) is 0.290. The van der Waals surface area contributed by atoms with Crippen LogP contribution < -0.4 is 5.32 Å². The van der Waals surface area contributed by atoms with Crippen molar-refractivity contribution in [2.45, 2.75) is 56.8 Å². The van der Waals surface area contributed by atoms with Gasteiger partial charge in [-0.2, -0.15) is 0 Å². The minimum absolute atomic E-state index is 0.118. The Kier molecular flexibility index (Phi) is 6.25. The summed E-state index contributed by atoms with van der Waals surface area (Å²) in [4.78, 5) is 30.6. The van der Waals surface area contributed by atoms with Gasteiger partial charge in [-0.05, 0) is 48.2 Å². The lowest BCUT2D eigenvalue weighted by Crippen LogP contribution is -2.64. The number of aromatic nitrogens is 1. The van der Waals surface area contributed by atoms with Crippen molar-refractivity contribution in [2.24, 2.45) is 0 Å². The first-order valence-electron chi connectivity index (χ1n) is 13.1. The van der Waals surface area contributed by atoms with Crippen molar-refractivity contribution in [3.8, 4) is 0 Å². The van der Waals surface area contributed by atoms with E-state index < -0.39 is 5.54 Å². The molecule has 188 valence electrons. The topological polar surface area (TPSA) is 54.3 Å². The van der Waals surface area contributed by atoms with Gasteiger partial charge in [0, 0.05) is 28.5 Å². The molecule has 1 aromatic heterocycles. The van der Waals surface area contributed by atoms with Crippen molar-refractivity contribution in [2.75, 3.05) is 0 Å². The third-order valence-electron chi connectivity index (χ3n) is 7.92. The lowest BCUT2D eigenvalue weighted by atomic mass is 9.83. The molecule has 0 saturated heterocycles. The summed E-state index contributed by atoms with van der Waals surface area (Å²) in [6.07, 6.45) is 5.36. The molecular formula is C31H30ClN3O2. The highest BCUT2D eigenvalue weighted by molar-refractivity contribution is 6.30. The van der Waals surface area contributed by atoms with Gasteiger partial charge in [-0.25, -0.2) is 0 Å². The minimum Gasteiger partial charge on any atom is -0.351 e. The van der Waals surface area contributed by atoms with Crippen LogP contribution in [0.15, 0.2) is 84.9 Å². The van der Waals surface area contributed by atoms with Crippen molar-refractivity contribution in [1.82, 2.24) is 14.8 Å². The Bertz CT molecular complexity index is 1460. The monoisotopic (exact) mass is 511 g/mol. The highest BCUT2D eigenvalue weighted by atomic mass is 35.5. The minimum atomic E-state index is -1.22. The van der Waals surface area contributed by atoms with Gasteiger partial charge in [0.15, 0.2) is 5.54 Å². The number of hydrogen-bond acceptors (Lipinski definition) is 2. The maximum Gasteiger partial charge on any atom is 0.272 e. The third-order valence-corrected chi connectivity index (χ3v) is 8.15. The van der Waals surface area contributed by atoms with Gasteiger partial charge < -0.3 is 14.8 Å². The van der Waals surface area contributed by atoms with Crippen molar-refractivity contribution in [3.05, 3.63) is 107 Å². The number of amides is 2. The van der Waals surface area contributed by atoms with Crippen molar-refractivity contribution >= 4 is 34.3 Å². The molecule has 6 rings (SSSR count). The van der Waals surface area contributed by atoms with Crippen LogP contribution in [0.3, 0.4) is 0 Å². The lowest BCUT2D eigenvalue weighted by Gasteiger charge is -2.47. The van der Waals surface area contributed by atoms with Crippen LogP contribution in [-0.4, -0.2) is 27.3 Å². The second-order valence-electron chi connectivity index (χ2n) is 10.2. The summed E-state index contributed by atoms with van der Waals surface area (Å²) >= 11 is 6.33. The summed E-state index contributed by atoms with van der Waals surface area (Å²) in [5.41, 5.74) is 2.03.